The van der Waals surface area contributed by atoms with Crippen LogP contribution < -0.4 is 14.6 Å². The molecule has 0 heterocycles. The van der Waals surface area contributed by atoms with Gasteiger partial charge in [0.2, 0.25) is 5.91 Å². The van der Waals surface area contributed by atoms with Gasteiger partial charge in [-0.05, 0) is 91.9 Å². The van der Waals surface area contributed by atoms with E-state index in [1.54, 1.807) is 6.07 Å². The van der Waals surface area contributed by atoms with E-state index in [1.807, 2.05) is 19.1 Å². The maximum Gasteiger partial charge on any atom is 0.380 e. The third kappa shape index (κ3) is 3.32. The van der Waals surface area contributed by atoms with Gasteiger partial charge in [-0.25, -0.2) is 0 Å². The van der Waals surface area contributed by atoms with Crippen LogP contribution in [-0.2, 0) is 21.5 Å². The van der Waals surface area contributed by atoms with Crippen molar-refractivity contribution < 1.29 is 17.4 Å². The van der Waals surface area contributed by atoms with E-state index in [-0.39, 0.29) is 23.0 Å². The molecular formula is C21H30N2O4S. The molecule has 0 spiro atoms. The summed E-state index contributed by atoms with van der Waals surface area (Å²) >= 11 is 0. The average Bonchev–Trinajstić information content (AvgIpc) is 2.97. The Morgan fingerprint density at radius 2 is 2.07 bits per heavy atom. The Kier molecular flexibility index (Phi) is 4.94. The van der Waals surface area contributed by atoms with E-state index in [0.717, 1.165) is 38.5 Å². The second kappa shape index (κ2) is 7.02. The molecule has 1 amide bonds. The number of fused-ring (bicyclic) bond motifs is 5. The summed E-state index contributed by atoms with van der Waals surface area (Å²) in [5, 5.41) is 8.05. The molecule has 0 aliphatic heterocycles. The van der Waals surface area contributed by atoms with Gasteiger partial charge in [-0.15, -0.1) is 0 Å². The molecule has 6 nitrogen and oxygen atoms in total. The minimum Gasteiger partial charge on any atom is -0.371 e. The van der Waals surface area contributed by atoms with Crippen LogP contribution in [0.4, 0.5) is 0 Å². The zero-order chi connectivity index (χ0) is 20.1. The summed E-state index contributed by atoms with van der Waals surface area (Å²) in [5.74, 6) is 2.30. The number of carbonyl (C=O) groups is 1. The average molecular weight is 407 g/mol. The molecule has 28 heavy (non-hydrogen) atoms. The number of carbonyl (C=O) groups excluding carboxylic acids is 1. The normalized spacial score (nSPS) is 34.1. The highest BCUT2D eigenvalue weighted by molar-refractivity contribution is 7.84. The Morgan fingerprint density at radius 1 is 1.29 bits per heavy atom. The number of rotatable bonds is 4. The van der Waals surface area contributed by atoms with Crippen LogP contribution in [-0.4, -0.2) is 20.9 Å². The van der Waals surface area contributed by atoms with Crippen molar-refractivity contribution in [1.82, 2.24) is 5.32 Å². The van der Waals surface area contributed by atoms with E-state index < -0.39 is 10.3 Å². The number of hydrogen-bond donors (Lipinski definition) is 2. The van der Waals surface area contributed by atoms with Gasteiger partial charge < -0.3 is 9.50 Å². The lowest BCUT2D eigenvalue weighted by Gasteiger charge is -2.50. The number of hydrogen-bond acceptors (Lipinski definition) is 4. The summed E-state index contributed by atoms with van der Waals surface area (Å²) in [6, 6.07) is 5.56. The zero-order valence-electron chi connectivity index (χ0n) is 16.6. The van der Waals surface area contributed by atoms with Crippen molar-refractivity contribution in [2.75, 3.05) is 6.54 Å². The molecule has 3 aliphatic carbocycles. The van der Waals surface area contributed by atoms with E-state index in [0.29, 0.717) is 24.3 Å². The van der Waals surface area contributed by atoms with Gasteiger partial charge in [-0.2, -0.15) is 13.6 Å². The fraction of sp³-hybridized carbons (Fsp3) is 0.667. The van der Waals surface area contributed by atoms with Crippen molar-refractivity contribution in [3.8, 4) is 5.75 Å². The summed E-state index contributed by atoms with van der Waals surface area (Å²) in [6.45, 7) is 5.01. The van der Waals surface area contributed by atoms with Crippen molar-refractivity contribution >= 4 is 16.2 Å². The molecule has 0 bridgehead atoms. The van der Waals surface area contributed by atoms with E-state index in [4.69, 9.17) is 9.32 Å². The lowest BCUT2D eigenvalue weighted by Crippen LogP contribution is -2.46. The van der Waals surface area contributed by atoms with Crippen LogP contribution in [0, 0.1) is 23.2 Å². The maximum absolute atomic E-state index is 12.6. The second-order valence-corrected chi connectivity index (χ2v) is 10.1. The Morgan fingerprint density at radius 3 is 2.79 bits per heavy atom. The number of amides is 1. The molecule has 0 aromatic heterocycles. The van der Waals surface area contributed by atoms with Gasteiger partial charge in [0.05, 0.1) is 0 Å². The molecule has 0 saturated heterocycles. The lowest BCUT2D eigenvalue weighted by molar-refractivity contribution is -0.130. The van der Waals surface area contributed by atoms with Crippen LogP contribution in [0.25, 0.3) is 0 Å². The first-order valence-electron chi connectivity index (χ1n) is 10.4. The second-order valence-electron chi connectivity index (χ2n) is 8.92. The van der Waals surface area contributed by atoms with E-state index in [9.17, 15) is 13.2 Å². The Labute approximate surface area is 167 Å². The smallest absolute Gasteiger partial charge is 0.371 e. The molecular weight excluding hydrogens is 376 g/mol. The highest BCUT2D eigenvalue weighted by Crippen LogP contribution is 2.63. The third-order valence-corrected chi connectivity index (χ3v) is 8.00. The lowest BCUT2D eigenvalue weighted by atomic mass is 9.54. The molecule has 3 N–H and O–H groups in total. The number of nitrogens with two attached hydrogens (primary N) is 1. The van der Waals surface area contributed by atoms with Gasteiger partial charge in [0, 0.05) is 12.5 Å². The van der Waals surface area contributed by atoms with Crippen molar-refractivity contribution in [1.29, 1.82) is 0 Å². The van der Waals surface area contributed by atoms with Gasteiger partial charge in [-0.3, -0.25) is 4.79 Å². The van der Waals surface area contributed by atoms with Gasteiger partial charge in [-0.1, -0.05) is 13.0 Å². The van der Waals surface area contributed by atoms with Crippen molar-refractivity contribution in [3.63, 3.8) is 0 Å². The van der Waals surface area contributed by atoms with E-state index >= 15 is 0 Å². The minimum atomic E-state index is -4.00. The van der Waals surface area contributed by atoms with Crippen LogP contribution in [0.1, 0.15) is 63.0 Å². The van der Waals surface area contributed by atoms with Gasteiger partial charge >= 0.3 is 10.3 Å². The summed E-state index contributed by atoms with van der Waals surface area (Å²) in [4.78, 5) is 12.6. The fourth-order valence-corrected chi connectivity index (χ4v) is 6.84. The van der Waals surface area contributed by atoms with E-state index in [2.05, 4.69) is 12.2 Å². The molecule has 2 fully saturated rings. The van der Waals surface area contributed by atoms with Crippen LogP contribution in [0.2, 0.25) is 0 Å². The quantitative estimate of drug-likeness (QED) is 0.803. The molecule has 7 heteroatoms. The highest BCUT2D eigenvalue weighted by Gasteiger charge is 2.56. The monoisotopic (exact) mass is 406 g/mol. The summed E-state index contributed by atoms with van der Waals surface area (Å²) in [6.07, 6.45) is 6.26. The molecule has 154 valence electrons. The van der Waals surface area contributed by atoms with Gasteiger partial charge in [0.1, 0.15) is 5.75 Å². The van der Waals surface area contributed by atoms with Gasteiger partial charge in [0.15, 0.2) is 0 Å². The highest BCUT2D eigenvalue weighted by atomic mass is 32.2. The molecule has 0 radical (unpaired) electrons. The predicted molar refractivity (Wildman–Crippen MR) is 107 cm³/mol. The standard InChI is InChI=1S/C21H30N2O4S/c1-3-23-20(24)19-9-8-18-17-6-4-13-12-14(27-28(22,25)26)5-7-15(13)16(17)10-11-21(18,19)2/h5,7,12,16-19H,3-4,6,8-11H2,1-2H3,(H,23,24)(H2,22,25,26)/t16?,17?,18?,19-,21+/m1/s1. The van der Waals surface area contributed by atoms with Crippen molar-refractivity contribution in [2.24, 2.45) is 28.3 Å². The topological polar surface area (TPSA) is 98.5 Å². The number of aryl methyl sites for hydroxylation is 1. The van der Waals surface area contributed by atoms with Crippen LogP contribution in [0.3, 0.4) is 0 Å². The molecule has 3 aliphatic rings. The molecule has 5 atom stereocenters. The summed E-state index contributed by atoms with van der Waals surface area (Å²) < 4.78 is 27.3. The van der Waals surface area contributed by atoms with Crippen molar-refractivity contribution in [2.45, 2.75) is 58.3 Å². The minimum absolute atomic E-state index is 0.0919. The fourth-order valence-electron chi connectivity index (χ4n) is 6.47. The molecule has 4 rings (SSSR count). The number of benzene rings is 1. The van der Waals surface area contributed by atoms with E-state index in [1.165, 1.54) is 11.1 Å². The first-order chi connectivity index (χ1) is 13.2. The first kappa shape index (κ1) is 19.7. The molecule has 2 saturated carbocycles. The summed E-state index contributed by atoms with van der Waals surface area (Å²) in [5.41, 5.74) is 2.58. The van der Waals surface area contributed by atoms with Crippen molar-refractivity contribution in [3.05, 3.63) is 29.3 Å². The SMILES string of the molecule is CCNC(=O)[C@H]1CCC2C3CCc4cc(OS(N)(=O)=O)ccc4C3CC[C@@]21C. The van der Waals surface area contributed by atoms with Crippen LogP contribution >= 0.6 is 0 Å². The Bertz CT molecular complexity index is 884. The van der Waals surface area contributed by atoms with Crippen LogP contribution in [0.5, 0.6) is 5.75 Å². The predicted octanol–water partition coefficient (Wildman–Crippen LogP) is 2.88. The zero-order valence-corrected chi connectivity index (χ0v) is 17.4. The Balaban J connectivity index is 1.58. The Hall–Kier alpha value is -1.60. The molecule has 3 unspecified atom stereocenters. The molecule has 1 aromatic carbocycles. The first-order valence-corrected chi connectivity index (χ1v) is 11.8. The summed E-state index contributed by atoms with van der Waals surface area (Å²) in [7, 11) is -4.00. The maximum atomic E-state index is 12.6. The number of nitrogens with one attached hydrogen (secondary N) is 1. The largest absolute Gasteiger partial charge is 0.380 e. The van der Waals surface area contributed by atoms with Crippen LogP contribution in [0.15, 0.2) is 18.2 Å². The van der Waals surface area contributed by atoms with Gasteiger partial charge in [0.25, 0.3) is 0 Å². The third-order valence-electron chi connectivity index (χ3n) is 7.58. The molecule has 1 aromatic rings.